The second-order valence-corrected chi connectivity index (χ2v) is 5.55. The lowest BCUT2D eigenvalue weighted by molar-refractivity contribution is -0.139. The van der Waals surface area contributed by atoms with Crippen molar-refractivity contribution in [2.24, 2.45) is 11.8 Å². The van der Waals surface area contributed by atoms with Gasteiger partial charge in [0, 0.05) is 6.92 Å². The number of halogens is 1. The van der Waals surface area contributed by atoms with Gasteiger partial charge in [0.05, 0.1) is 18.0 Å². The van der Waals surface area contributed by atoms with E-state index in [1.54, 1.807) is 0 Å². The van der Waals surface area contributed by atoms with E-state index in [1.165, 1.54) is 13.3 Å². The zero-order chi connectivity index (χ0) is 16.4. The zero-order valence-corrected chi connectivity index (χ0v) is 14.0. The van der Waals surface area contributed by atoms with E-state index in [0.717, 1.165) is 18.4 Å². The molecule has 0 radical (unpaired) electrons. The number of hydrogen-bond donors (Lipinski definition) is 0. The molecule has 5 heteroatoms. The van der Waals surface area contributed by atoms with Gasteiger partial charge in [-0.25, -0.2) is 10.1 Å². The number of ether oxygens (including phenoxy) is 1. The molecule has 0 aromatic rings. The lowest BCUT2D eigenvalue weighted by Gasteiger charge is -2.21. The SMILES string of the molecule is CC(=O)OCC#CCBr.[C-]#[N+]C(C#N)=C1CC2C=CC(C1)C2. The number of carbonyl (C=O) groups is 1. The molecule has 2 atom stereocenters. The first-order valence-electron chi connectivity index (χ1n) is 6.93. The summed E-state index contributed by atoms with van der Waals surface area (Å²) in [6.07, 6.45) is 7.55. The van der Waals surface area contributed by atoms with Gasteiger partial charge in [-0.15, -0.1) is 0 Å². The predicted molar refractivity (Wildman–Crippen MR) is 87.4 cm³/mol. The Morgan fingerprint density at radius 3 is 2.55 bits per heavy atom. The Bertz CT molecular complexity index is 579. The molecule has 1 fully saturated rings. The normalized spacial score (nSPS) is 20.5. The summed E-state index contributed by atoms with van der Waals surface area (Å²) >= 11 is 3.10. The largest absolute Gasteiger partial charge is 0.453 e. The van der Waals surface area contributed by atoms with Gasteiger partial charge >= 0.3 is 5.97 Å². The van der Waals surface area contributed by atoms with Crippen LogP contribution >= 0.6 is 15.9 Å². The third-order valence-electron chi connectivity index (χ3n) is 3.37. The Morgan fingerprint density at radius 2 is 2.09 bits per heavy atom. The molecule has 4 nitrogen and oxygen atoms in total. The molecule has 0 aliphatic heterocycles. The molecular weight excluding hydrogens is 344 g/mol. The van der Waals surface area contributed by atoms with E-state index in [-0.39, 0.29) is 12.6 Å². The highest BCUT2D eigenvalue weighted by atomic mass is 79.9. The lowest BCUT2D eigenvalue weighted by Crippen LogP contribution is -2.09. The van der Waals surface area contributed by atoms with Gasteiger partial charge in [-0.2, -0.15) is 0 Å². The molecule has 2 unspecified atom stereocenters. The number of carbonyl (C=O) groups excluding carboxylic acids is 1. The maximum atomic E-state index is 10.1. The molecule has 0 aromatic carbocycles. The van der Waals surface area contributed by atoms with Crippen molar-refractivity contribution in [3.63, 3.8) is 0 Å². The Kier molecular flexibility index (Phi) is 8.05. The van der Waals surface area contributed by atoms with Crippen molar-refractivity contribution in [3.05, 3.63) is 34.8 Å². The van der Waals surface area contributed by atoms with Crippen molar-refractivity contribution >= 4 is 21.9 Å². The molecule has 0 heterocycles. The highest BCUT2D eigenvalue weighted by Crippen LogP contribution is 2.40. The van der Waals surface area contributed by atoms with Crippen LogP contribution in [0.2, 0.25) is 0 Å². The maximum absolute atomic E-state index is 10.1. The van der Waals surface area contributed by atoms with E-state index < -0.39 is 0 Å². The van der Waals surface area contributed by atoms with Crippen LogP contribution in [-0.2, 0) is 9.53 Å². The van der Waals surface area contributed by atoms with Crippen LogP contribution in [0.25, 0.3) is 4.85 Å². The van der Waals surface area contributed by atoms with Crippen LogP contribution in [-0.4, -0.2) is 17.9 Å². The second-order valence-electron chi connectivity index (χ2n) is 4.99. The monoisotopic (exact) mass is 360 g/mol. The Hall–Kier alpha value is -2.03. The third kappa shape index (κ3) is 6.17. The minimum absolute atomic E-state index is 0.195. The fraction of sp³-hybridized carbons (Fsp3) is 0.471. The van der Waals surface area contributed by atoms with E-state index >= 15 is 0 Å². The van der Waals surface area contributed by atoms with Crippen molar-refractivity contribution in [1.29, 1.82) is 5.26 Å². The van der Waals surface area contributed by atoms with Gasteiger partial charge in [0.15, 0.2) is 6.61 Å². The van der Waals surface area contributed by atoms with E-state index in [4.69, 9.17) is 11.8 Å². The average molecular weight is 361 g/mol. The summed E-state index contributed by atoms with van der Waals surface area (Å²) in [6.45, 7) is 8.42. The summed E-state index contributed by atoms with van der Waals surface area (Å²) < 4.78 is 4.51. The number of esters is 1. The smallest absolute Gasteiger partial charge is 0.303 e. The summed E-state index contributed by atoms with van der Waals surface area (Å²) in [5.41, 5.74) is 1.40. The van der Waals surface area contributed by atoms with E-state index in [2.05, 4.69) is 49.5 Å². The fourth-order valence-corrected chi connectivity index (χ4v) is 2.69. The summed E-state index contributed by atoms with van der Waals surface area (Å²) in [5.74, 6) is 6.22. The van der Waals surface area contributed by atoms with Crippen molar-refractivity contribution in [3.8, 4) is 17.9 Å². The first-order chi connectivity index (χ1) is 10.6. The summed E-state index contributed by atoms with van der Waals surface area (Å²) in [7, 11) is 0. The molecular formula is C17H17BrN2O2. The quantitative estimate of drug-likeness (QED) is 0.179. The fourth-order valence-electron chi connectivity index (χ4n) is 2.49. The molecule has 22 heavy (non-hydrogen) atoms. The molecule has 0 saturated heterocycles. The van der Waals surface area contributed by atoms with Crippen LogP contribution in [0.15, 0.2) is 23.4 Å². The standard InChI is InChI=1S/C11H10N2.C6H7BrO2/c1-13-11(7-12)10-5-8-2-3-9(4-8)6-10;1-6(8)9-5-3-2-4-7/h2-3,8-9H,4-6H2;4-5H2,1H3. The zero-order valence-electron chi connectivity index (χ0n) is 12.4. The van der Waals surface area contributed by atoms with Crippen LogP contribution in [0.3, 0.4) is 0 Å². The molecule has 2 aliphatic carbocycles. The van der Waals surface area contributed by atoms with Crippen molar-refractivity contribution < 1.29 is 9.53 Å². The van der Waals surface area contributed by atoms with Gasteiger partial charge in [0.25, 0.3) is 5.70 Å². The molecule has 2 bridgehead atoms. The van der Waals surface area contributed by atoms with Gasteiger partial charge in [-0.3, -0.25) is 4.79 Å². The molecule has 0 aromatic heterocycles. The van der Waals surface area contributed by atoms with Crippen LogP contribution in [0.1, 0.15) is 26.2 Å². The number of nitriles is 1. The molecule has 0 spiro atoms. The van der Waals surface area contributed by atoms with Gasteiger partial charge < -0.3 is 4.74 Å². The van der Waals surface area contributed by atoms with Gasteiger partial charge in [0.2, 0.25) is 0 Å². The lowest BCUT2D eigenvalue weighted by atomic mass is 9.83. The van der Waals surface area contributed by atoms with Gasteiger partial charge in [0.1, 0.15) is 0 Å². The molecule has 0 N–H and O–H groups in total. The van der Waals surface area contributed by atoms with Crippen molar-refractivity contribution in [2.75, 3.05) is 11.9 Å². The van der Waals surface area contributed by atoms with Crippen LogP contribution in [0, 0.1) is 41.6 Å². The Balaban J connectivity index is 0.000000239. The Labute approximate surface area is 139 Å². The number of alkyl halides is 1. The first kappa shape index (κ1) is 18.0. The minimum atomic E-state index is -0.293. The molecule has 1 saturated carbocycles. The number of nitrogens with zero attached hydrogens (tertiary/aromatic N) is 2. The van der Waals surface area contributed by atoms with Gasteiger partial charge in [-0.05, 0) is 31.1 Å². The van der Waals surface area contributed by atoms with E-state index in [1.807, 2.05) is 6.07 Å². The summed E-state index contributed by atoms with van der Waals surface area (Å²) in [6, 6.07) is 1.99. The summed E-state index contributed by atoms with van der Waals surface area (Å²) in [5, 5.41) is 9.35. The van der Waals surface area contributed by atoms with E-state index in [9.17, 15) is 4.79 Å². The molecule has 2 rings (SSSR count). The topological polar surface area (TPSA) is 54.5 Å². The van der Waals surface area contributed by atoms with Crippen molar-refractivity contribution in [2.45, 2.75) is 26.2 Å². The average Bonchev–Trinajstić information content (AvgIpc) is 2.84. The number of fused-ring (bicyclic) bond motifs is 2. The van der Waals surface area contributed by atoms with Gasteiger partial charge in [-0.1, -0.05) is 45.5 Å². The highest BCUT2D eigenvalue weighted by molar-refractivity contribution is 9.09. The predicted octanol–water partition coefficient (Wildman–Crippen LogP) is 3.62. The molecule has 2 aliphatic rings. The maximum Gasteiger partial charge on any atom is 0.303 e. The first-order valence-corrected chi connectivity index (χ1v) is 8.05. The number of allylic oxidation sites excluding steroid dienone is 4. The van der Waals surface area contributed by atoms with Crippen molar-refractivity contribution in [1.82, 2.24) is 0 Å². The van der Waals surface area contributed by atoms with E-state index in [0.29, 0.717) is 22.9 Å². The summed E-state index contributed by atoms with van der Waals surface area (Å²) in [4.78, 5) is 13.4. The molecule has 114 valence electrons. The molecule has 0 amide bonds. The Morgan fingerprint density at radius 1 is 1.45 bits per heavy atom. The van der Waals surface area contributed by atoms with Crippen LogP contribution in [0.4, 0.5) is 0 Å². The minimum Gasteiger partial charge on any atom is -0.453 e. The second kappa shape index (κ2) is 9.82. The third-order valence-corrected chi connectivity index (χ3v) is 3.65. The van der Waals surface area contributed by atoms with Crippen LogP contribution in [0.5, 0.6) is 0 Å². The highest BCUT2D eigenvalue weighted by Gasteiger charge is 2.28. The number of rotatable bonds is 1. The van der Waals surface area contributed by atoms with Crippen LogP contribution < -0.4 is 0 Å². The number of hydrogen-bond acceptors (Lipinski definition) is 3.